The number of hydrogen-bond acceptors (Lipinski definition) is 4. The van der Waals surface area contributed by atoms with E-state index in [0.717, 1.165) is 33.2 Å². The van der Waals surface area contributed by atoms with Crippen LogP contribution < -0.4 is 4.74 Å². The van der Waals surface area contributed by atoms with E-state index in [1.54, 1.807) is 35.2 Å². The Hall–Kier alpha value is -2.18. The summed E-state index contributed by atoms with van der Waals surface area (Å²) in [6.45, 7) is -2.81. The minimum Gasteiger partial charge on any atom is -0.435 e. The summed E-state index contributed by atoms with van der Waals surface area (Å²) in [5.74, 6) is 0.176. The van der Waals surface area contributed by atoms with E-state index in [9.17, 15) is 8.78 Å². The molecule has 0 bridgehead atoms. The number of ether oxygens (including phenoxy) is 1. The van der Waals surface area contributed by atoms with E-state index in [2.05, 4.69) is 16.9 Å². The highest BCUT2D eigenvalue weighted by atomic mass is 32.2. The van der Waals surface area contributed by atoms with Crippen LogP contribution >= 0.6 is 23.1 Å². The van der Waals surface area contributed by atoms with Crippen LogP contribution in [0.2, 0.25) is 0 Å². The summed E-state index contributed by atoms with van der Waals surface area (Å²) in [6.07, 6.45) is 0.773. The summed E-state index contributed by atoms with van der Waals surface area (Å²) < 4.78 is 29.2. The normalized spacial score (nSPS) is 16.7. The molecule has 3 aromatic rings. The van der Waals surface area contributed by atoms with E-state index in [1.165, 1.54) is 0 Å². The predicted octanol–water partition coefficient (Wildman–Crippen LogP) is 6.71. The van der Waals surface area contributed by atoms with Gasteiger partial charge in [-0.3, -0.25) is 4.99 Å². The first-order valence-electron chi connectivity index (χ1n) is 8.11. The van der Waals surface area contributed by atoms with Gasteiger partial charge in [0.15, 0.2) is 0 Å². The quantitative estimate of drug-likeness (QED) is 0.496. The van der Waals surface area contributed by atoms with Crippen LogP contribution in [0, 0.1) is 0 Å². The van der Waals surface area contributed by atoms with Gasteiger partial charge in [-0.1, -0.05) is 30.3 Å². The van der Waals surface area contributed by atoms with Crippen LogP contribution in [0.25, 0.3) is 0 Å². The summed E-state index contributed by atoms with van der Waals surface area (Å²) >= 11 is 3.43. The maximum absolute atomic E-state index is 12.4. The second-order valence-electron chi connectivity index (χ2n) is 5.76. The Labute approximate surface area is 158 Å². The second-order valence-corrected chi connectivity index (χ2v) is 7.95. The summed E-state index contributed by atoms with van der Waals surface area (Å²) in [7, 11) is 0. The van der Waals surface area contributed by atoms with Crippen LogP contribution in [-0.2, 0) is 0 Å². The Kier molecular flexibility index (Phi) is 5.04. The third kappa shape index (κ3) is 3.81. The molecular formula is C20H15F2NOS2. The van der Waals surface area contributed by atoms with E-state index in [1.807, 2.05) is 41.8 Å². The zero-order valence-electron chi connectivity index (χ0n) is 13.6. The van der Waals surface area contributed by atoms with Crippen LogP contribution in [0.1, 0.15) is 22.1 Å². The fourth-order valence-corrected chi connectivity index (χ4v) is 4.82. The molecule has 1 atom stereocenters. The third-order valence-corrected chi connectivity index (χ3v) is 6.29. The zero-order valence-corrected chi connectivity index (χ0v) is 15.3. The number of fused-ring (bicyclic) bond motifs is 1. The molecule has 6 heteroatoms. The number of alkyl halides is 2. The van der Waals surface area contributed by atoms with Crippen LogP contribution in [0.15, 0.2) is 75.9 Å². The topological polar surface area (TPSA) is 21.6 Å². The Balaban J connectivity index is 1.68. The summed E-state index contributed by atoms with van der Waals surface area (Å²) in [6, 6.07) is 19.1. The molecule has 4 rings (SSSR count). The van der Waals surface area contributed by atoms with Gasteiger partial charge >= 0.3 is 6.61 Å². The van der Waals surface area contributed by atoms with Crippen LogP contribution in [0.4, 0.5) is 14.5 Å². The number of thioether (sulfide) groups is 1. The molecule has 0 saturated heterocycles. The van der Waals surface area contributed by atoms with E-state index in [-0.39, 0.29) is 11.0 Å². The van der Waals surface area contributed by atoms with Crippen molar-refractivity contribution in [1.29, 1.82) is 0 Å². The van der Waals surface area contributed by atoms with Gasteiger partial charge in [0.2, 0.25) is 0 Å². The number of nitrogens with zero attached hydrogens (tertiary/aromatic N) is 1. The molecule has 0 unspecified atom stereocenters. The summed E-state index contributed by atoms with van der Waals surface area (Å²) in [5, 5.41) is 2.20. The molecule has 0 aliphatic carbocycles. The summed E-state index contributed by atoms with van der Waals surface area (Å²) in [4.78, 5) is 7.18. The first-order chi connectivity index (χ1) is 12.7. The van der Waals surface area contributed by atoms with Gasteiger partial charge in [0.05, 0.1) is 11.4 Å². The van der Waals surface area contributed by atoms with Crippen LogP contribution in [-0.4, -0.2) is 12.3 Å². The number of benzene rings is 2. The molecule has 1 aliphatic rings. The molecule has 132 valence electrons. The van der Waals surface area contributed by atoms with Crippen molar-refractivity contribution in [1.82, 2.24) is 0 Å². The lowest BCUT2D eigenvalue weighted by atomic mass is 10.1. The highest BCUT2D eigenvalue weighted by Gasteiger charge is 2.23. The van der Waals surface area contributed by atoms with Gasteiger partial charge in [-0.05, 0) is 41.3 Å². The van der Waals surface area contributed by atoms with Gasteiger partial charge in [-0.2, -0.15) is 8.78 Å². The lowest BCUT2D eigenvalue weighted by Crippen LogP contribution is -2.04. The largest absolute Gasteiger partial charge is 0.435 e. The number of hydrogen-bond donors (Lipinski definition) is 0. The molecule has 26 heavy (non-hydrogen) atoms. The van der Waals surface area contributed by atoms with Crippen molar-refractivity contribution < 1.29 is 13.5 Å². The minimum atomic E-state index is -2.81. The van der Waals surface area contributed by atoms with Crippen molar-refractivity contribution in [2.75, 3.05) is 0 Å². The first kappa shape index (κ1) is 17.2. The lowest BCUT2D eigenvalue weighted by molar-refractivity contribution is -0.0498. The molecule has 2 heterocycles. The van der Waals surface area contributed by atoms with Gasteiger partial charge in [-0.25, -0.2) is 0 Å². The molecule has 2 nitrogen and oxygen atoms in total. The molecule has 0 amide bonds. The van der Waals surface area contributed by atoms with Gasteiger partial charge in [-0.15, -0.1) is 23.1 Å². The summed E-state index contributed by atoms with van der Waals surface area (Å²) in [5.41, 5.74) is 3.09. The van der Waals surface area contributed by atoms with Crippen LogP contribution in [0.5, 0.6) is 5.75 Å². The van der Waals surface area contributed by atoms with Crippen molar-refractivity contribution >= 4 is 34.5 Å². The van der Waals surface area contributed by atoms with E-state index < -0.39 is 6.61 Å². The molecule has 0 spiro atoms. The average Bonchev–Trinajstić information content (AvgIpc) is 3.09. The van der Waals surface area contributed by atoms with Crippen molar-refractivity contribution in [3.63, 3.8) is 0 Å². The Morgan fingerprint density at radius 3 is 2.54 bits per heavy atom. The standard InChI is InChI=1S/C20H15F2NOS2/c21-20(22)24-14-9-7-13(8-10-14)19-12-16(17-6-3-11-25-17)23-15-4-1-2-5-18(15)26-19/h1-11,19-20H,12H2/t19-/m0/s1. The Morgan fingerprint density at radius 1 is 1.00 bits per heavy atom. The molecule has 0 saturated carbocycles. The van der Waals surface area contributed by atoms with E-state index in [4.69, 9.17) is 4.99 Å². The molecule has 0 N–H and O–H groups in total. The monoisotopic (exact) mass is 387 g/mol. The fraction of sp³-hybridized carbons (Fsp3) is 0.150. The number of aliphatic imine (C=N–C) groups is 1. The van der Waals surface area contributed by atoms with Crippen molar-refractivity contribution in [3.8, 4) is 5.75 Å². The highest BCUT2D eigenvalue weighted by molar-refractivity contribution is 7.99. The SMILES string of the molecule is FC(F)Oc1ccc([C@@H]2CC(c3cccs3)=Nc3ccccc3S2)cc1. The number of rotatable bonds is 4. The number of halogens is 2. The molecule has 1 aromatic heterocycles. The van der Waals surface area contributed by atoms with Crippen molar-refractivity contribution in [3.05, 3.63) is 76.5 Å². The molecule has 0 fully saturated rings. The molecule has 2 aromatic carbocycles. The molecule has 0 radical (unpaired) electrons. The fourth-order valence-electron chi connectivity index (χ4n) is 2.86. The first-order valence-corrected chi connectivity index (χ1v) is 9.87. The van der Waals surface area contributed by atoms with Gasteiger partial charge in [0.1, 0.15) is 5.75 Å². The Morgan fingerprint density at radius 2 is 1.81 bits per heavy atom. The molecular weight excluding hydrogens is 372 g/mol. The smallest absolute Gasteiger partial charge is 0.387 e. The van der Waals surface area contributed by atoms with Gasteiger partial charge in [0, 0.05) is 21.4 Å². The van der Waals surface area contributed by atoms with E-state index in [0.29, 0.717) is 0 Å². The maximum atomic E-state index is 12.4. The second kappa shape index (κ2) is 7.60. The highest BCUT2D eigenvalue weighted by Crippen LogP contribution is 2.46. The van der Waals surface area contributed by atoms with Crippen molar-refractivity contribution in [2.45, 2.75) is 23.2 Å². The Bertz CT molecular complexity index is 908. The van der Waals surface area contributed by atoms with Gasteiger partial charge in [0.25, 0.3) is 0 Å². The van der Waals surface area contributed by atoms with Crippen LogP contribution in [0.3, 0.4) is 0 Å². The van der Waals surface area contributed by atoms with E-state index >= 15 is 0 Å². The van der Waals surface area contributed by atoms with Crippen molar-refractivity contribution in [2.24, 2.45) is 4.99 Å². The number of thiophene rings is 1. The van der Waals surface area contributed by atoms with Gasteiger partial charge < -0.3 is 4.74 Å². The minimum absolute atomic E-state index is 0.153. The zero-order chi connectivity index (χ0) is 17.9. The molecule has 1 aliphatic heterocycles. The predicted molar refractivity (Wildman–Crippen MR) is 103 cm³/mol. The lowest BCUT2D eigenvalue weighted by Gasteiger charge is -2.16. The number of para-hydroxylation sites is 1. The third-order valence-electron chi connectivity index (χ3n) is 4.05. The average molecular weight is 387 g/mol. The maximum Gasteiger partial charge on any atom is 0.387 e.